The molecular weight excluding hydrogens is 270 g/mol. The third kappa shape index (κ3) is 3.22. The Morgan fingerprint density at radius 2 is 2.17 bits per heavy atom. The molecule has 2 aromatic rings. The highest BCUT2D eigenvalue weighted by Gasteiger charge is 2.19. The molecule has 18 heavy (non-hydrogen) atoms. The molecular formula is C12H15NO3S2. The molecule has 2 rings (SSSR count). The van der Waals surface area contributed by atoms with Gasteiger partial charge >= 0.3 is 0 Å². The fraction of sp³-hybridized carbons (Fsp3) is 0.333. The van der Waals surface area contributed by atoms with Crippen molar-refractivity contribution < 1.29 is 12.8 Å². The molecule has 0 aliphatic carbocycles. The van der Waals surface area contributed by atoms with Gasteiger partial charge in [-0.2, -0.15) is 0 Å². The first-order valence-corrected chi connectivity index (χ1v) is 7.88. The minimum atomic E-state index is -3.42. The van der Waals surface area contributed by atoms with Gasteiger partial charge in [-0.3, -0.25) is 0 Å². The predicted molar refractivity (Wildman–Crippen MR) is 71.3 cm³/mol. The lowest BCUT2D eigenvalue weighted by molar-refractivity contribution is 0.479. The maximum absolute atomic E-state index is 12.1. The van der Waals surface area contributed by atoms with E-state index in [4.69, 9.17) is 4.42 Å². The van der Waals surface area contributed by atoms with Gasteiger partial charge in [-0.1, -0.05) is 0 Å². The Balaban J connectivity index is 2.04. The van der Waals surface area contributed by atoms with Gasteiger partial charge in [-0.05, 0) is 38.1 Å². The SMILES string of the molecule is Cc1ccc(S(=O)(=O)N[C@H](C)Cc2ccco2)s1. The largest absolute Gasteiger partial charge is 0.469 e. The smallest absolute Gasteiger partial charge is 0.250 e. The maximum Gasteiger partial charge on any atom is 0.250 e. The molecule has 0 radical (unpaired) electrons. The number of nitrogens with one attached hydrogen (secondary N) is 1. The van der Waals surface area contributed by atoms with Gasteiger partial charge in [0.05, 0.1) is 6.26 Å². The highest BCUT2D eigenvalue weighted by Crippen LogP contribution is 2.20. The molecule has 2 aromatic heterocycles. The van der Waals surface area contributed by atoms with Crippen LogP contribution in [0.2, 0.25) is 0 Å². The second kappa shape index (κ2) is 5.26. The summed E-state index contributed by atoms with van der Waals surface area (Å²) in [5.41, 5.74) is 0. The molecule has 1 N–H and O–H groups in total. The molecule has 98 valence electrons. The van der Waals surface area contributed by atoms with Crippen molar-refractivity contribution in [2.45, 2.75) is 30.5 Å². The summed E-state index contributed by atoms with van der Waals surface area (Å²) in [7, 11) is -3.42. The number of aryl methyl sites for hydroxylation is 1. The van der Waals surface area contributed by atoms with E-state index in [0.29, 0.717) is 10.6 Å². The number of hydrogen-bond acceptors (Lipinski definition) is 4. The Hall–Kier alpha value is -1.11. The van der Waals surface area contributed by atoms with Crippen molar-refractivity contribution in [3.8, 4) is 0 Å². The number of rotatable bonds is 5. The minimum absolute atomic E-state index is 0.205. The summed E-state index contributed by atoms with van der Waals surface area (Å²) in [5.74, 6) is 0.771. The Bertz CT molecular complexity index is 599. The lowest BCUT2D eigenvalue weighted by Gasteiger charge is -2.11. The van der Waals surface area contributed by atoms with Crippen LogP contribution in [0.3, 0.4) is 0 Å². The van der Waals surface area contributed by atoms with Gasteiger partial charge in [0.2, 0.25) is 10.0 Å². The molecule has 0 aliphatic rings. The second-order valence-electron chi connectivity index (χ2n) is 4.17. The molecule has 0 amide bonds. The van der Waals surface area contributed by atoms with Crippen LogP contribution in [0.4, 0.5) is 0 Å². The van der Waals surface area contributed by atoms with E-state index in [1.165, 1.54) is 11.3 Å². The van der Waals surface area contributed by atoms with E-state index in [9.17, 15) is 8.42 Å². The van der Waals surface area contributed by atoms with Crippen LogP contribution in [0.1, 0.15) is 17.6 Å². The quantitative estimate of drug-likeness (QED) is 0.918. The molecule has 0 spiro atoms. The Labute approximate surface area is 111 Å². The van der Waals surface area contributed by atoms with Gasteiger partial charge in [0.15, 0.2) is 0 Å². The summed E-state index contributed by atoms with van der Waals surface area (Å²) in [6.45, 7) is 3.70. The highest BCUT2D eigenvalue weighted by molar-refractivity contribution is 7.91. The van der Waals surface area contributed by atoms with Crippen molar-refractivity contribution in [1.29, 1.82) is 0 Å². The topological polar surface area (TPSA) is 59.3 Å². The van der Waals surface area contributed by atoms with Crippen LogP contribution < -0.4 is 4.72 Å². The lowest BCUT2D eigenvalue weighted by atomic mass is 10.2. The fourth-order valence-corrected chi connectivity index (χ4v) is 4.20. The van der Waals surface area contributed by atoms with Gasteiger partial charge in [0.25, 0.3) is 0 Å². The maximum atomic E-state index is 12.1. The van der Waals surface area contributed by atoms with Crippen molar-refractivity contribution in [2.24, 2.45) is 0 Å². The number of hydrogen-bond donors (Lipinski definition) is 1. The van der Waals surface area contributed by atoms with E-state index < -0.39 is 10.0 Å². The average molecular weight is 285 g/mol. The zero-order valence-corrected chi connectivity index (χ0v) is 11.8. The van der Waals surface area contributed by atoms with Crippen LogP contribution in [0, 0.1) is 6.92 Å². The van der Waals surface area contributed by atoms with Crippen LogP contribution in [-0.4, -0.2) is 14.5 Å². The molecule has 4 nitrogen and oxygen atoms in total. The first kappa shape index (κ1) is 13.3. The first-order chi connectivity index (χ1) is 8.47. The molecule has 1 atom stereocenters. The molecule has 0 bridgehead atoms. The summed E-state index contributed by atoms with van der Waals surface area (Å²) in [6.07, 6.45) is 2.12. The van der Waals surface area contributed by atoms with E-state index in [-0.39, 0.29) is 6.04 Å². The summed E-state index contributed by atoms with van der Waals surface area (Å²) < 4.78 is 32.3. The molecule has 0 fully saturated rings. The predicted octanol–water partition coefficient (Wildman–Crippen LogP) is 2.56. The Kier molecular flexibility index (Phi) is 3.89. The average Bonchev–Trinajstić information content (AvgIpc) is 2.88. The molecule has 6 heteroatoms. The summed E-state index contributed by atoms with van der Waals surface area (Å²) in [6, 6.07) is 6.85. The highest BCUT2D eigenvalue weighted by atomic mass is 32.2. The standard InChI is InChI=1S/C12H15NO3S2/c1-9(8-11-4-3-7-16-11)13-18(14,15)12-6-5-10(2)17-12/h3-7,9,13H,8H2,1-2H3/t9-/m1/s1. The van der Waals surface area contributed by atoms with Crippen molar-refractivity contribution >= 4 is 21.4 Å². The summed E-state index contributed by atoms with van der Waals surface area (Å²) in [4.78, 5) is 0.981. The van der Waals surface area contributed by atoms with Gasteiger partial charge < -0.3 is 4.42 Å². The molecule has 0 saturated heterocycles. The van der Waals surface area contributed by atoms with E-state index in [1.54, 1.807) is 24.5 Å². The number of thiophene rings is 1. The van der Waals surface area contributed by atoms with Crippen LogP contribution in [-0.2, 0) is 16.4 Å². The summed E-state index contributed by atoms with van der Waals surface area (Å²) in [5, 5.41) is 0. The third-order valence-electron chi connectivity index (χ3n) is 2.42. The lowest BCUT2D eigenvalue weighted by Crippen LogP contribution is -2.33. The zero-order valence-electron chi connectivity index (χ0n) is 10.2. The van der Waals surface area contributed by atoms with Crippen molar-refractivity contribution in [3.05, 3.63) is 41.2 Å². The summed E-state index contributed by atoms with van der Waals surface area (Å²) >= 11 is 1.27. The van der Waals surface area contributed by atoms with E-state index in [2.05, 4.69) is 4.72 Å². The van der Waals surface area contributed by atoms with E-state index >= 15 is 0 Å². The number of sulfonamides is 1. The van der Waals surface area contributed by atoms with Crippen LogP contribution in [0.25, 0.3) is 0 Å². The monoisotopic (exact) mass is 285 g/mol. The van der Waals surface area contributed by atoms with Crippen molar-refractivity contribution in [1.82, 2.24) is 4.72 Å². The fourth-order valence-electron chi connectivity index (χ4n) is 1.65. The Morgan fingerprint density at radius 3 is 2.72 bits per heavy atom. The zero-order chi connectivity index (χ0) is 13.2. The molecule has 0 aliphatic heterocycles. The third-order valence-corrected chi connectivity index (χ3v) is 5.51. The van der Waals surface area contributed by atoms with Crippen LogP contribution >= 0.6 is 11.3 Å². The Morgan fingerprint density at radius 1 is 1.39 bits per heavy atom. The first-order valence-electron chi connectivity index (χ1n) is 5.58. The number of furan rings is 1. The van der Waals surface area contributed by atoms with Crippen LogP contribution in [0.15, 0.2) is 39.2 Å². The van der Waals surface area contributed by atoms with Crippen LogP contribution in [0.5, 0.6) is 0 Å². The van der Waals surface area contributed by atoms with Crippen molar-refractivity contribution in [3.63, 3.8) is 0 Å². The van der Waals surface area contributed by atoms with Gasteiger partial charge in [-0.25, -0.2) is 13.1 Å². The molecule has 2 heterocycles. The van der Waals surface area contributed by atoms with Gasteiger partial charge in [-0.15, -0.1) is 11.3 Å². The molecule has 0 aromatic carbocycles. The van der Waals surface area contributed by atoms with E-state index in [1.807, 2.05) is 19.9 Å². The second-order valence-corrected chi connectivity index (χ2v) is 7.40. The van der Waals surface area contributed by atoms with Gasteiger partial charge in [0.1, 0.15) is 9.97 Å². The molecule has 0 saturated carbocycles. The van der Waals surface area contributed by atoms with Gasteiger partial charge in [0, 0.05) is 17.3 Å². The van der Waals surface area contributed by atoms with Crippen molar-refractivity contribution in [2.75, 3.05) is 0 Å². The molecule has 0 unspecified atom stereocenters. The minimum Gasteiger partial charge on any atom is -0.469 e. The normalized spacial score (nSPS) is 13.7. The van der Waals surface area contributed by atoms with E-state index in [0.717, 1.165) is 10.6 Å².